The standard InChI is InChI=1S/C16H15ClN2O5S3/c1-3-24-14(20)9-19-11-5-4-10(23-2)8-12(11)25-16(19)18-27(21,22)15-7-6-13(17)26-15/h4-8H,3,9H2,1-2H3/b18-16-. The molecule has 0 N–H and O–H groups in total. The molecule has 0 fully saturated rings. The maximum absolute atomic E-state index is 12.6. The van der Waals surface area contributed by atoms with Crippen LogP contribution in [0.2, 0.25) is 4.34 Å². The molecule has 2 aromatic heterocycles. The maximum atomic E-state index is 12.6. The fraction of sp³-hybridized carbons (Fsp3) is 0.250. The molecule has 7 nitrogen and oxygen atoms in total. The Labute approximate surface area is 168 Å². The van der Waals surface area contributed by atoms with Crippen LogP contribution in [0.15, 0.2) is 38.9 Å². The van der Waals surface area contributed by atoms with Crippen molar-refractivity contribution in [3.05, 3.63) is 39.5 Å². The number of rotatable bonds is 6. The van der Waals surface area contributed by atoms with Gasteiger partial charge in [0.2, 0.25) is 4.80 Å². The monoisotopic (exact) mass is 446 g/mol. The molecule has 0 atom stereocenters. The Morgan fingerprint density at radius 3 is 2.67 bits per heavy atom. The van der Waals surface area contributed by atoms with Gasteiger partial charge in [-0.3, -0.25) is 4.79 Å². The van der Waals surface area contributed by atoms with Crippen LogP contribution in [0.1, 0.15) is 6.92 Å². The van der Waals surface area contributed by atoms with Crippen LogP contribution in [0.5, 0.6) is 5.75 Å². The normalized spacial score (nSPS) is 12.5. The van der Waals surface area contributed by atoms with Crippen molar-refractivity contribution in [1.82, 2.24) is 4.57 Å². The SMILES string of the molecule is CCOC(=O)Cn1/c(=N/S(=O)(=O)c2ccc(Cl)s2)sc2cc(OC)ccc21. The number of carbonyl (C=O) groups is 1. The number of carbonyl (C=O) groups excluding carboxylic acids is 1. The highest BCUT2D eigenvalue weighted by Gasteiger charge is 2.18. The number of benzene rings is 1. The molecule has 27 heavy (non-hydrogen) atoms. The average molecular weight is 447 g/mol. The third-order valence-electron chi connectivity index (χ3n) is 3.48. The number of nitrogens with zero attached hydrogens (tertiary/aromatic N) is 2. The molecule has 0 saturated heterocycles. The smallest absolute Gasteiger partial charge is 0.326 e. The van der Waals surface area contributed by atoms with Crippen LogP contribution >= 0.6 is 34.3 Å². The molecule has 2 heterocycles. The highest BCUT2D eigenvalue weighted by molar-refractivity contribution is 7.92. The second kappa shape index (κ2) is 8.01. The van der Waals surface area contributed by atoms with E-state index in [4.69, 9.17) is 21.1 Å². The van der Waals surface area contributed by atoms with Crippen molar-refractivity contribution < 1.29 is 22.7 Å². The molecule has 0 spiro atoms. The molecular weight excluding hydrogens is 432 g/mol. The lowest BCUT2D eigenvalue weighted by molar-refractivity contribution is -0.143. The van der Waals surface area contributed by atoms with Crippen molar-refractivity contribution in [3.8, 4) is 5.75 Å². The van der Waals surface area contributed by atoms with E-state index in [1.165, 1.54) is 23.8 Å². The number of thiazole rings is 1. The molecule has 0 aliphatic carbocycles. The molecule has 0 amide bonds. The fourth-order valence-corrected chi connectivity index (χ4v) is 6.04. The minimum atomic E-state index is -3.96. The Kier molecular flexibility index (Phi) is 5.89. The summed E-state index contributed by atoms with van der Waals surface area (Å²) in [5.41, 5.74) is 0.659. The summed E-state index contributed by atoms with van der Waals surface area (Å²) >= 11 is 7.90. The van der Waals surface area contributed by atoms with E-state index in [1.54, 1.807) is 25.1 Å². The van der Waals surface area contributed by atoms with Crippen LogP contribution < -0.4 is 9.54 Å². The number of thiophene rings is 1. The Balaban J connectivity index is 2.19. The van der Waals surface area contributed by atoms with Gasteiger partial charge in [0.1, 0.15) is 16.5 Å². The lowest BCUT2D eigenvalue weighted by atomic mass is 10.3. The topological polar surface area (TPSA) is 87.0 Å². The first-order valence-electron chi connectivity index (χ1n) is 7.73. The summed E-state index contributed by atoms with van der Waals surface area (Å²) in [5, 5.41) is 0. The zero-order valence-electron chi connectivity index (χ0n) is 14.3. The van der Waals surface area contributed by atoms with Gasteiger partial charge in [-0.15, -0.1) is 15.7 Å². The van der Waals surface area contributed by atoms with Crippen LogP contribution in [0.25, 0.3) is 10.2 Å². The third-order valence-corrected chi connectivity index (χ3v) is 7.61. The van der Waals surface area contributed by atoms with E-state index in [0.29, 0.717) is 15.6 Å². The van der Waals surface area contributed by atoms with E-state index in [0.717, 1.165) is 27.4 Å². The van der Waals surface area contributed by atoms with Crippen LogP contribution in [0.4, 0.5) is 0 Å². The number of methoxy groups -OCH3 is 1. The molecule has 0 aliphatic rings. The minimum Gasteiger partial charge on any atom is -0.497 e. The van der Waals surface area contributed by atoms with Gasteiger partial charge in [0.25, 0.3) is 10.0 Å². The lowest BCUT2D eigenvalue weighted by Gasteiger charge is -2.05. The average Bonchev–Trinajstić information content (AvgIpc) is 3.19. The van der Waals surface area contributed by atoms with Crippen molar-refractivity contribution >= 4 is 60.5 Å². The van der Waals surface area contributed by atoms with Crippen LogP contribution in [-0.2, 0) is 26.1 Å². The molecule has 0 aliphatic heterocycles. The molecule has 3 aromatic rings. The number of hydrogen-bond donors (Lipinski definition) is 0. The van der Waals surface area contributed by atoms with E-state index in [1.807, 2.05) is 0 Å². The first-order valence-corrected chi connectivity index (χ1v) is 11.2. The van der Waals surface area contributed by atoms with Gasteiger partial charge in [0, 0.05) is 0 Å². The zero-order valence-corrected chi connectivity index (χ0v) is 17.5. The fourth-order valence-electron chi connectivity index (χ4n) is 2.32. The van der Waals surface area contributed by atoms with Gasteiger partial charge < -0.3 is 14.0 Å². The van der Waals surface area contributed by atoms with E-state index in [2.05, 4.69) is 4.40 Å². The largest absolute Gasteiger partial charge is 0.497 e. The molecule has 11 heteroatoms. The van der Waals surface area contributed by atoms with E-state index in [9.17, 15) is 13.2 Å². The summed E-state index contributed by atoms with van der Waals surface area (Å²) in [7, 11) is -2.42. The summed E-state index contributed by atoms with van der Waals surface area (Å²) in [6, 6.07) is 8.13. The zero-order chi connectivity index (χ0) is 19.6. The maximum Gasteiger partial charge on any atom is 0.326 e. The van der Waals surface area contributed by atoms with Gasteiger partial charge in [0.05, 0.1) is 28.3 Å². The molecule has 144 valence electrons. The van der Waals surface area contributed by atoms with Crippen molar-refractivity contribution in [3.63, 3.8) is 0 Å². The highest BCUT2D eigenvalue weighted by Crippen LogP contribution is 2.27. The molecule has 0 radical (unpaired) electrons. The van der Waals surface area contributed by atoms with Crippen molar-refractivity contribution in [2.45, 2.75) is 17.7 Å². The summed E-state index contributed by atoms with van der Waals surface area (Å²) in [6.45, 7) is 1.78. The van der Waals surface area contributed by atoms with Gasteiger partial charge in [-0.05, 0) is 37.3 Å². The van der Waals surface area contributed by atoms with Gasteiger partial charge in [-0.25, -0.2) is 0 Å². The van der Waals surface area contributed by atoms with Crippen molar-refractivity contribution in [2.75, 3.05) is 13.7 Å². The highest BCUT2D eigenvalue weighted by atomic mass is 35.5. The molecule has 0 saturated carbocycles. The van der Waals surface area contributed by atoms with Gasteiger partial charge in [-0.2, -0.15) is 8.42 Å². The first-order chi connectivity index (χ1) is 12.8. The second-order valence-electron chi connectivity index (χ2n) is 5.23. The van der Waals surface area contributed by atoms with Gasteiger partial charge in [0.15, 0.2) is 0 Å². The third kappa shape index (κ3) is 4.34. The van der Waals surface area contributed by atoms with Crippen molar-refractivity contribution in [2.24, 2.45) is 4.40 Å². The lowest BCUT2D eigenvalue weighted by Crippen LogP contribution is -2.23. The van der Waals surface area contributed by atoms with Crippen LogP contribution in [-0.4, -0.2) is 32.7 Å². The summed E-state index contributed by atoms with van der Waals surface area (Å²) in [6.07, 6.45) is 0. The van der Waals surface area contributed by atoms with E-state index >= 15 is 0 Å². The number of esters is 1. The minimum absolute atomic E-state index is 0.0326. The number of sulfonamides is 1. The summed E-state index contributed by atoms with van der Waals surface area (Å²) in [5.74, 6) is 0.137. The quantitative estimate of drug-likeness (QED) is 0.542. The number of halogens is 1. The summed E-state index contributed by atoms with van der Waals surface area (Å²) in [4.78, 5) is 12.2. The molecule has 0 bridgehead atoms. The predicted octanol–water partition coefficient (Wildman–Crippen LogP) is 3.28. The number of hydrogen-bond acceptors (Lipinski definition) is 7. The van der Waals surface area contributed by atoms with Crippen molar-refractivity contribution in [1.29, 1.82) is 0 Å². The van der Waals surface area contributed by atoms with E-state index < -0.39 is 16.0 Å². The van der Waals surface area contributed by atoms with Gasteiger partial charge >= 0.3 is 5.97 Å². The van der Waals surface area contributed by atoms with Crippen LogP contribution in [0.3, 0.4) is 0 Å². The van der Waals surface area contributed by atoms with Crippen LogP contribution in [0, 0.1) is 0 Å². The second-order valence-corrected chi connectivity index (χ2v) is 9.79. The Hall–Kier alpha value is -1.88. The van der Waals surface area contributed by atoms with Gasteiger partial charge in [-0.1, -0.05) is 22.9 Å². The number of ether oxygens (including phenoxy) is 2. The summed E-state index contributed by atoms with van der Waals surface area (Å²) < 4.78 is 42.0. The Bertz CT molecular complexity index is 1160. The molecule has 0 unspecified atom stereocenters. The first kappa shape index (κ1) is 19.9. The molecule has 3 rings (SSSR count). The Morgan fingerprint density at radius 1 is 1.26 bits per heavy atom. The molecule has 1 aromatic carbocycles. The van der Waals surface area contributed by atoms with E-state index in [-0.39, 0.29) is 22.2 Å². The molecular formula is C16H15ClN2O5S3. The number of aromatic nitrogens is 1. The predicted molar refractivity (Wildman–Crippen MR) is 105 cm³/mol. The number of fused-ring (bicyclic) bond motifs is 1. The Morgan fingerprint density at radius 2 is 2.04 bits per heavy atom.